The quantitative estimate of drug-likeness (QED) is 0.718. The topological polar surface area (TPSA) is 52.6 Å². The first-order valence-electron chi connectivity index (χ1n) is 8.16. The van der Waals surface area contributed by atoms with E-state index in [4.69, 9.17) is 0 Å². The van der Waals surface area contributed by atoms with E-state index in [0.717, 1.165) is 19.4 Å². The van der Waals surface area contributed by atoms with Crippen LogP contribution in [0.2, 0.25) is 0 Å². The second-order valence-corrected chi connectivity index (χ2v) is 7.32. The van der Waals surface area contributed by atoms with E-state index in [9.17, 15) is 9.90 Å². The summed E-state index contributed by atoms with van der Waals surface area (Å²) in [5, 5.41) is 13.0. The van der Waals surface area contributed by atoms with Crippen LogP contribution in [0.5, 0.6) is 0 Å². The molecule has 2 aliphatic carbocycles. The molecule has 4 nitrogen and oxygen atoms in total. The third-order valence-electron chi connectivity index (χ3n) is 4.53. The second-order valence-electron chi connectivity index (χ2n) is 7.32. The van der Waals surface area contributed by atoms with Crippen molar-refractivity contribution in [2.24, 2.45) is 5.92 Å². The summed E-state index contributed by atoms with van der Waals surface area (Å²) in [4.78, 5) is 14.2. The highest BCUT2D eigenvalue weighted by Gasteiger charge is 2.41. The summed E-state index contributed by atoms with van der Waals surface area (Å²) >= 11 is 0. The van der Waals surface area contributed by atoms with Crippen LogP contribution in [-0.2, 0) is 4.79 Å². The van der Waals surface area contributed by atoms with Gasteiger partial charge in [-0.3, -0.25) is 15.0 Å². The smallest absolute Gasteiger partial charge is 0.324 e. The van der Waals surface area contributed by atoms with E-state index in [2.05, 4.69) is 24.1 Å². The van der Waals surface area contributed by atoms with Gasteiger partial charge in [0.2, 0.25) is 0 Å². The molecule has 0 aromatic rings. The van der Waals surface area contributed by atoms with Crippen molar-refractivity contribution in [2.45, 2.75) is 76.9 Å². The van der Waals surface area contributed by atoms with E-state index in [1.54, 1.807) is 0 Å². The van der Waals surface area contributed by atoms with Gasteiger partial charge < -0.3 is 5.11 Å². The van der Waals surface area contributed by atoms with Crippen molar-refractivity contribution in [1.82, 2.24) is 10.2 Å². The van der Waals surface area contributed by atoms with Gasteiger partial charge in [-0.2, -0.15) is 0 Å². The zero-order valence-electron chi connectivity index (χ0n) is 13.2. The van der Waals surface area contributed by atoms with Gasteiger partial charge in [-0.25, -0.2) is 0 Å². The Labute approximate surface area is 122 Å². The Bertz CT molecular complexity index is 335. The van der Waals surface area contributed by atoms with Gasteiger partial charge in [0, 0.05) is 25.2 Å². The lowest BCUT2D eigenvalue weighted by Gasteiger charge is -2.37. The van der Waals surface area contributed by atoms with Crippen molar-refractivity contribution < 1.29 is 9.90 Å². The largest absolute Gasteiger partial charge is 0.480 e. The normalized spacial score (nSPS) is 23.4. The standard InChI is InChI=1S/C16H30N2O2/c1-12(2)10-18(14-6-4-5-7-14)11-16(3,15(19)20)17-13-8-9-13/h12-14,17H,4-11H2,1-3H3,(H,19,20). The lowest BCUT2D eigenvalue weighted by molar-refractivity contribution is -0.145. The molecule has 0 aliphatic heterocycles. The molecule has 2 rings (SSSR count). The first kappa shape index (κ1) is 15.8. The molecule has 4 heteroatoms. The average Bonchev–Trinajstić information content (AvgIpc) is 2.98. The number of hydrogen-bond donors (Lipinski definition) is 2. The Kier molecular flexibility index (Phi) is 5.08. The number of nitrogens with zero attached hydrogens (tertiary/aromatic N) is 1. The summed E-state index contributed by atoms with van der Waals surface area (Å²) < 4.78 is 0. The SMILES string of the molecule is CC(C)CN(CC(C)(NC1CC1)C(=O)O)C1CCCC1. The van der Waals surface area contributed by atoms with Crippen LogP contribution in [-0.4, -0.2) is 46.7 Å². The van der Waals surface area contributed by atoms with E-state index in [1.165, 1.54) is 25.7 Å². The first-order chi connectivity index (χ1) is 9.40. The van der Waals surface area contributed by atoms with E-state index in [-0.39, 0.29) is 0 Å². The van der Waals surface area contributed by atoms with Crippen molar-refractivity contribution in [2.75, 3.05) is 13.1 Å². The highest BCUT2D eigenvalue weighted by molar-refractivity contribution is 5.78. The molecule has 0 bridgehead atoms. The van der Waals surface area contributed by atoms with E-state index >= 15 is 0 Å². The number of carbonyl (C=O) groups is 1. The van der Waals surface area contributed by atoms with Crippen molar-refractivity contribution in [3.63, 3.8) is 0 Å². The second kappa shape index (κ2) is 6.44. The first-order valence-corrected chi connectivity index (χ1v) is 8.16. The minimum Gasteiger partial charge on any atom is -0.480 e. The monoisotopic (exact) mass is 282 g/mol. The maximum Gasteiger partial charge on any atom is 0.324 e. The maximum atomic E-state index is 11.7. The van der Waals surface area contributed by atoms with Gasteiger partial charge in [-0.05, 0) is 38.5 Å². The van der Waals surface area contributed by atoms with E-state index < -0.39 is 11.5 Å². The molecule has 1 unspecified atom stereocenters. The zero-order chi connectivity index (χ0) is 14.8. The molecule has 0 aromatic heterocycles. The number of carboxylic acids is 1. The number of carboxylic acid groups (broad SMARTS) is 1. The Morgan fingerprint density at radius 2 is 1.90 bits per heavy atom. The van der Waals surface area contributed by atoms with E-state index in [0.29, 0.717) is 24.5 Å². The summed E-state index contributed by atoms with van der Waals surface area (Å²) in [6, 6.07) is 0.998. The van der Waals surface area contributed by atoms with Crippen LogP contribution >= 0.6 is 0 Å². The number of nitrogens with one attached hydrogen (secondary N) is 1. The summed E-state index contributed by atoms with van der Waals surface area (Å²) in [6.45, 7) is 7.92. The molecule has 1 atom stereocenters. The highest BCUT2D eigenvalue weighted by atomic mass is 16.4. The third kappa shape index (κ3) is 4.19. The molecule has 0 saturated heterocycles. The molecule has 2 fully saturated rings. The Morgan fingerprint density at radius 3 is 2.35 bits per heavy atom. The predicted molar refractivity (Wildman–Crippen MR) is 80.9 cm³/mol. The Hall–Kier alpha value is -0.610. The van der Waals surface area contributed by atoms with Crippen molar-refractivity contribution >= 4 is 5.97 Å². The van der Waals surface area contributed by atoms with Gasteiger partial charge in [0.1, 0.15) is 5.54 Å². The van der Waals surface area contributed by atoms with Crippen LogP contribution in [0.25, 0.3) is 0 Å². The van der Waals surface area contributed by atoms with Crippen molar-refractivity contribution in [3.05, 3.63) is 0 Å². The van der Waals surface area contributed by atoms with Gasteiger partial charge in [0.15, 0.2) is 0 Å². The van der Waals surface area contributed by atoms with E-state index in [1.807, 2.05) is 6.92 Å². The molecule has 20 heavy (non-hydrogen) atoms. The average molecular weight is 282 g/mol. The molecule has 0 heterocycles. The van der Waals surface area contributed by atoms with Gasteiger partial charge >= 0.3 is 5.97 Å². The van der Waals surface area contributed by atoms with Crippen LogP contribution < -0.4 is 5.32 Å². The molecule has 116 valence electrons. The molecule has 2 saturated carbocycles. The summed E-state index contributed by atoms with van der Waals surface area (Å²) in [6.07, 6.45) is 7.28. The van der Waals surface area contributed by atoms with Crippen molar-refractivity contribution in [3.8, 4) is 0 Å². The fourth-order valence-corrected chi connectivity index (χ4v) is 3.34. The molecule has 0 radical (unpaired) electrons. The van der Waals surface area contributed by atoms with Gasteiger partial charge in [-0.15, -0.1) is 0 Å². The molecule has 0 spiro atoms. The number of aliphatic carboxylic acids is 1. The summed E-state index contributed by atoms with van der Waals surface area (Å²) in [5.74, 6) is -0.134. The highest BCUT2D eigenvalue weighted by Crippen LogP contribution is 2.28. The lowest BCUT2D eigenvalue weighted by atomic mass is 9.99. The van der Waals surface area contributed by atoms with Crippen LogP contribution in [0.15, 0.2) is 0 Å². The zero-order valence-corrected chi connectivity index (χ0v) is 13.2. The molecule has 2 aliphatic rings. The minimum atomic E-state index is -0.807. The van der Waals surface area contributed by atoms with Gasteiger partial charge in [0.25, 0.3) is 0 Å². The Balaban J connectivity index is 2.03. The molecule has 0 aromatic carbocycles. The molecule has 0 amide bonds. The lowest BCUT2D eigenvalue weighted by Crippen LogP contribution is -2.59. The van der Waals surface area contributed by atoms with Crippen LogP contribution in [0.1, 0.15) is 59.3 Å². The Morgan fingerprint density at radius 1 is 1.30 bits per heavy atom. The van der Waals surface area contributed by atoms with Crippen molar-refractivity contribution in [1.29, 1.82) is 0 Å². The minimum absolute atomic E-state index is 0.417. The summed E-state index contributed by atoms with van der Waals surface area (Å²) in [7, 11) is 0. The summed E-state index contributed by atoms with van der Waals surface area (Å²) in [5.41, 5.74) is -0.807. The molecule has 2 N–H and O–H groups in total. The molecular weight excluding hydrogens is 252 g/mol. The van der Waals surface area contributed by atoms with Gasteiger partial charge in [-0.1, -0.05) is 26.7 Å². The van der Waals surface area contributed by atoms with Crippen LogP contribution in [0.4, 0.5) is 0 Å². The maximum absolute atomic E-state index is 11.7. The third-order valence-corrected chi connectivity index (χ3v) is 4.53. The number of rotatable bonds is 8. The molecular formula is C16H30N2O2. The van der Waals surface area contributed by atoms with Crippen LogP contribution in [0.3, 0.4) is 0 Å². The fourth-order valence-electron chi connectivity index (χ4n) is 3.34. The predicted octanol–water partition coefficient (Wildman–Crippen LogP) is 2.48. The van der Waals surface area contributed by atoms with Crippen LogP contribution in [0, 0.1) is 5.92 Å². The fraction of sp³-hybridized carbons (Fsp3) is 0.938. The number of hydrogen-bond acceptors (Lipinski definition) is 3. The van der Waals surface area contributed by atoms with Gasteiger partial charge in [0.05, 0.1) is 0 Å².